The zero-order valence-electron chi connectivity index (χ0n) is 35.3. The number of carbonyl (C=O) groups excluding carboxylic acids is 1. The number of piperidine rings is 1. The SMILES string of the molecule is O=C(NS(=O)(=O)c1ccc(NCC2CCOCC2)c([N+](=O)[O-])c1)c1ccc(N2CCC3(CC2)CC(N2CC(F)(F)CC2c2ccccc2C2CC2)C3)cc1Oc1cnc2[nH]ccc2c1. The fourth-order valence-electron chi connectivity index (χ4n) is 10.4. The smallest absolute Gasteiger partial charge is 0.293 e. The van der Waals surface area contributed by atoms with E-state index in [9.17, 15) is 23.3 Å². The number of nitro benzene ring substituents is 1. The number of H-pyrrole nitrogens is 1. The Balaban J connectivity index is 0.846. The number of rotatable bonds is 13. The number of carbonyl (C=O) groups is 1. The Bertz CT molecular complexity index is 2690. The van der Waals surface area contributed by atoms with E-state index in [2.05, 4.69) is 41.9 Å². The summed E-state index contributed by atoms with van der Waals surface area (Å²) in [6.45, 7) is 2.89. The molecule has 1 atom stereocenters. The monoisotopic (exact) mass is 895 g/mol. The Hall–Kier alpha value is -5.65. The second-order valence-electron chi connectivity index (χ2n) is 18.4. The van der Waals surface area contributed by atoms with Gasteiger partial charge < -0.3 is 24.7 Å². The average molecular weight is 896 g/mol. The number of aromatic nitrogens is 2. The predicted molar refractivity (Wildman–Crippen MR) is 237 cm³/mol. The first kappa shape index (κ1) is 42.3. The highest BCUT2D eigenvalue weighted by atomic mass is 32.2. The molecule has 2 aromatic heterocycles. The molecule has 5 aromatic rings. The Labute approximate surface area is 369 Å². The van der Waals surface area contributed by atoms with Crippen LogP contribution in [0.25, 0.3) is 11.0 Å². The quantitative estimate of drug-likeness (QED) is 0.0761. The molecule has 3 aromatic carbocycles. The molecule has 5 fully saturated rings. The maximum atomic E-state index is 15.1. The van der Waals surface area contributed by atoms with Crippen LogP contribution in [0.3, 0.4) is 0 Å². The summed E-state index contributed by atoms with van der Waals surface area (Å²) >= 11 is 0. The third-order valence-electron chi connectivity index (χ3n) is 14.1. The lowest BCUT2D eigenvalue weighted by molar-refractivity contribution is -0.384. The van der Waals surface area contributed by atoms with Crippen molar-refractivity contribution in [1.29, 1.82) is 0 Å². The molecule has 64 heavy (non-hydrogen) atoms. The third-order valence-corrected chi connectivity index (χ3v) is 15.4. The van der Waals surface area contributed by atoms with Crippen LogP contribution in [0, 0.1) is 21.4 Å². The highest BCUT2D eigenvalue weighted by Gasteiger charge is 2.55. The van der Waals surface area contributed by atoms with Gasteiger partial charge in [-0.25, -0.2) is 26.9 Å². The van der Waals surface area contributed by atoms with E-state index >= 15 is 8.78 Å². The van der Waals surface area contributed by atoms with Crippen molar-refractivity contribution in [3.8, 4) is 11.5 Å². The van der Waals surface area contributed by atoms with E-state index in [1.54, 1.807) is 24.4 Å². The van der Waals surface area contributed by atoms with Gasteiger partial charge in [-0.15, -0.1) is 0 Å². The zero-order chi connectivity index (χ0) is 44.2. The zero-order valence-corrected chi connectivity index (χ0v) is 36.1. The number of nitro groups is 1. The summed E-state index contributed by atoms with van der Waals surface area (Å²) in [5, 5.41) is 15.9. The lowest BCUT2D eigenvalue weighted by Crippen LogP contribution is -2.55. The van der Waals surface area contributed by atoms with Crippen molar-refractivity contribution in [3.05, 3.63) is 112 Å². The molecule has 5 heterocycles. The van der Waals surface area contributed by atoms with E-state index in [4.69, 9.17) is 9.47 Å². The van der Waals surface area contributed by atoms with Gasteiger partial charge in [0.25, 0.3) is 27.5 Å². The molecule has 0 radical (unpaired) electrons. The topological polar surface area (TPSA) is 172 Å². The summed E-state index contributed by atoms with van der Waals surface area (Å²) < 4.78 is 71.4. The van der Waals surface area contributed by atoms with Gasteiger partial charge >= 0.3 is 0 Å². The Kier molecular flexibility index (Phi) is 11.1. The number of ether oxygens (including phenoxy) is 2. The molecule has 5 aliphatic rings. The maximum absolute atomic E-state index is 15.1. The van der Waals surface area contributed by atoms with Crippen LogP contribution < -0.4 is 19.7 Å². The molecule has 3 saturated heterocycles. The van der Waals surface area contributed by atoms with Crippen molar-refractivity contribution in [2.75, 3.05) is 49.6 Å². The molecular formula is C47H51F2N7O7S. The summed E-state index contributed by atoms with van der Waals surface area (Å²) in [6, 6.07) is 20.1. The van der Waals surface area contributed by atoms with E-state index < -0.39 is 37.4 Å². The van der Waals surface area contributed by atoms with Gasteiger partial charge in [-0.3, -0.25) is 19.8 Å². The largest absolute Gasteiger partial charge is 0.455 e. The number of aromatic amines is 1. The molecule has 1 amide bonds. The molecule has 2 aliphatic carbocycles. The van der Waals surface area contributed by atoms with Crippen LogP contribution in [0.5, 0.6) is 11.5 Å². The van der Waals surface area contributed by atoms with Crippen molar-refractivity contribution in [2.45, 2.75) is 86.6 Å². The van der Waals surface area contributed by atoms with Gasteiger partial charge in [0.05, 0.1) is 28.1 Å². The first-order valence-corrected chi connectivity index (χ1v) is 23.7. The molecule has 17 heteroatoms. The highest BCUT2D eigenvalue weighted by Crippen LogP contribution is 2.56. The van der Waals surface area contributed by atoms with E-state index in [0.717, 1.165) is 74.1 Å². The van der Waals surface area contributed by atoms with Crippen LogP contribution in [0.15, 0.2) is 90.1 Å². The van der Waals surface area contributed by atoms with Crippen LogP contribution in [-0.2, 0) is 14.8 Å². The minimum atomic E-state index is -4.58. The number of hydrogen-bond donors (Lipinski definition) is 3. The first-order valence-electron chi connectivity index (χ1n) is 22.2. The Morgan fingerprint density at radius 3 is 2.48 bits per heavy atom. The number of pyridine rings is 1. The minimum absolute atomic E-state index is 0.0545. The Morgan fingerprint density at radius 2 is 1.73 bits per heavy atom. The maximum Gasteiger partial charge on any atom is 0.293 e. The number of likely N-dealkylation sites (tertiary alicyclic amines) is 1. The van der Waals surface area contributed by atoms with Gasteiger partial charge in [-0.05, 0) is 116 Å². The number of benzene rings is 3. The molecule has 3 N–H and O–H groups in total. The third kappa shape index (κ3) is 8.64. The fraction of sp³-hybridized carbons (Fsp3) is 0.447. The molecule has 0 bridgehead atoms. The first-order chi connectivity index (χ1) is 30.8. The lowest BCUT2D eigenvalue weighted by atomic mass is 9.59. The number of hydrogen-bond acceptors (Lipinski definition) is 11. The van der Waals surface area contributed by atoms with Crippen molar-refractivity contribution in [3.63, 3.8) is 0 Å². The van der Waals surface area contributed by atoms with Gasteiger partial charge in [-0.2, -0.15) is 0 Å². The molecule has 3 aliphatic heterocycles. The van der Waals surface area contributed by atoms with Crippen LogP contribution in [-0.4, -0.2) is 85.5 Å². The summed E-state index contributed by atoms with van der Waals surface area (Å²) in [5.41, 5.74) is 3.45. The van der Waals surface area contributed by atoms with Gasteiger partial charge in [0, 0.05) is 80.8 Å². The van der Waals surface area contributed by atoms with Crippen molar-refractivity contribution >= 4 is 44.0 Å². The fourth-order valence-corrected chi connectivity index (χ4v) is 11.4. The molecule has 1 unspecified atom stereocenters. The van der Waals surface area contributed by atoms with E-state index in [1.165, 1.54) is 30.0 Å². The van der Waals surface area contributed by atoms with Crippen molar-refractivity contribution in [2.24, 2.45) is 11.3 Å². The predicted octanol–water partition coefficient (Wildman–Crippen LogP) is 8.93. The average Bonchev–Trinajstić information content (AvgIpc) is 3.93. The number of alkyl halides is 2. The number of anilines is 2. The molecule has 14 nitrogen and oxygen atoms in total. The van der Waals surface area contributed by atoms with Crippen LogP contribution in [0.4, 0.5) is 25.8 Å². The van der Waals surface area contributed by atoms with Crippen LogP contribution in [0.2, 0.25) is 0 Å². The molecule has 1 spiro atoms. The van der Waals surface area contributed by atoms with Gasteiger partial charge in [0.2, 0.25) is 0 Å². The van der Waals surface area contributed by atoms with Gasteiger partial charge in [0.15, 0.2) is 0 Å². The molecular weight excluding hydrogens is 845 g/mol. The number of sulfonamides is 1. The summed E-state index contributed by atoms with van der Waals surface area (Å²) in [5.74, 6) is -2.55. The summed E-state index contributed by atoms with van der Waals surface area (Å²) in [7, 11) is -4.58. The number of nitrogens with zero attached hydrogens (tertiary/aromatic N) is 4. The summed E-state index contributed by atoms with van der Waals surface area (Å²) in [6.07, 6.45) is 10.5. The van der Waals surface area contributed by atoms with E-state index in [0.29, 0.717) is 50.2 Å². The minimum Gasteiger partial charge on any atom is -0.455 e. The second-order valence-corrected chi connectivity index (χ2v) is 20.1. The van der Waals surface area contributed by atoms with Gasteiger partial charge in [0.1, 0.15) is 22.8 Å². The van der Waals surface area contributed by atoms with E-state index in [-0.39, 0.29) is 53.4 Å². The van der Waals surface area contributed by atoms with Crippen LogP contribution >= 0.6 is 0 Å². The van der Waals surface area contributed by atoms with Crippen LogP contribution in [0.1, 0.15) is 91.2 Å². The number of fused-ring (bicyclic) bond motifs is 1. The molecule has 336 valence electrons. The molecule has 2 saturated carbocycles. The number of halogens is 2. The van der Waals surface area contributed by atoms with E-state index in [1.807, 2.05) is 18.2 Å². The Morgan fingerprint density at radius 1 is 0.969 bits per heavy atom. The highest BCUT2D eigenvalue weighted by molar-refractivity contribution is 7.90. The molecule has 10 rings (SSSR count). The number of amides is 1. The lowest BCUT2D eigenvalue weighted by Gasteiger charge is -2.56. The second kappa shape index (κ2) is 16.7. The normalized spacial score (nSPS) is 21.5. The standard InChI is InChI=1S/C47H51F2N7O7S/c48-47(49)26-42(38-4-2-1-3-37(38)31-5-6-31)55(29-47)34-24-46(25-34)14-17-54(18-15-46)33-7-9-39(43(22-33)63-35-21-32-11-16-50-44(32)52-28-35)45(57)53-64(60,61)36-8-10-40(41(23-36)56(58)59)51-27-30-12-19-62-20-13-30/h1-4,7-11,16,21-23,28,30-31,34,42,51H,5-6,12-15,17-20,24-27,29H2,(H,50,52)(H,53,57). The number of nitrogens with one attached hydrogen (secondary N) is 3. The summed E-state index contributed by atoms with van der Waals surface area (Å²) in [4.78, 5) is 36.7. The van der Waals surface area contributed by atoms with Crippen molar-refractivity contribution < 1.29 is 36.4 Å². The van der Waals surface area contributed by atoms with Gasteiger partial charge in [-0.1, -0.05) is 24.3 Å². The van der Waals surface area contributed by atoms with Crippen molar-refractivity contribution in [1.82, 2.24) is 19.6 Å².